The minimum Gasteiger partial charge on any atom is -0.480 e. The van der Waals surface area contributed by atoms with Crippen molar-refractivity contribution in [3.63, 3.8) is 0 Å². The van der Waals surface area contributed by atoms with Gasteiger partial charge in [-0.3, -0.25) is 9.69 Å². The third-order valence-electron chi connectivity index (χ3n) is 3.62. The standard InChI is InChI=1S/C17H11Cl2NO4S2/c1-8(16(22)23)20-15(21)14(26-17(20)25)7-12-2-3-13(24-12)9-4-10(18)6-11(19)5-9/h2-8H,1H3,(H,22,23)/b14-7-. The van der Waals surface area contributed by atoms with Gasteiger partial charge in [-0.1, -0.05) is 47.2 Å². The van der Waals surface area contributed by atoms with Crippen molar-refractivity contribution in [1.82, 2.24) is 4.90 Å². The van der Waals surface area contributed by atoms with Crippen LogP contribution in [0.25, 0.3) is 17.4 Å². The van der Waals surface area contributed by atoms with Crippen molar-refractivity contribution in [3.8, 4) is 11.3 Å². The lowest BCUT2D eigenvalue weighted by Gasteiger charge is -2.18. The largest absolute Gasteiger partial charge is 0.480 e. The smallest absolute Gasteiger partial charge is 0.326 e. The van der Waals surface area contributed by atoms with Crippen LogP contribution in [0.2, 0.25) is 10.0 Å². The van der Waals surface area contributed by atoms with Crippen LogP contribution in [-0.4, -0.2) is 32.2 Å². The van der Waals surface area contributed by atoms with Crippen molar-refractivity contribution < 1.29 is 19.1 Å². The van der Waals surface area contributed by atoms with Gasteiger partial charge in [0.05, 0.1) is 4.91 Å². The fourth-order valence-corrected chi connectivity index (χ4v) is 4.26. The third kappa shape index (κ3) is 3.81. The third-order valence-corrected chi connectivity index (χ3v) is 5.38. The summed E-state index contributed by atoms with van der Waals surface area (Å²) in [6.45, 7) is 1.41. The summed E-state index contributed by atoms with van der Waals surface area (Å²) in [7, 11) is 0. The van der Waals surface area contributed by atoms with Crippen molar-refractivity contribution in [1.29, 1.82) is 0 Å². The fourth-order valence-electron chi connectivity index (χ4n) is 2.34. The molecular formula is C17H11Cl2NO4S2. The SMILES string of the molecule is CC(C(=O)O)N1C(=O)/C(=C/c2ccc(-c3cc(Cl)cc(Cl)c3)o2)SC1=S. The Labute approximate surface area is 168 Å². The maximum atomic E-state index is 12.4. The van der Waals surface area contributed by atoms with Crippen molar-refractivity contribution in [2.24, 2.45) is 0 Å². The summed E-state index contributed by atoms with van der Waals surface area (Å²) < 4.78 is 5.93. The van der Waals surface area contributed by atoms with E-state index in [1.807, 2.05) is 0 Å². The second kappa shape index (κ2) is 7.44. The number of hydrogen-bond acceptors (Lipinski definition) is 5. The zero-order chi connectivity index (χ0) is 19.0. The van der Waals surface area contributed by atoms with Crippen LogP contribution in [0, 0.1) is 0 Å². The lowest BCUT2D eigenvalue weighted by atomic mass is 10.2. The number of thiocarbonyl (C=S) groups is 1. The summed E-state index contributed by atoms with van der Waals surface area (Å²) in [5.74, 6) is -0.617. The summed E-state index contributed by atoms with van der Waals surface area (Å²) in [4.78, 5) is 25.0. The first-order valence-corrected chi connectivity index (χ1v) is 9.30. The summed E-state index contributed by atoms with van der Waals surface area (Å²) in [6.07, 6.45) is 1.53. The lowest BCUT2D eigenvalue weighted by molar-refractivity contribution is -0.144. The van der Waals surface area contributed by atoms with E-state index >= 15 is 0 Å². The van der Waals surface area contributed by atoms with E-state index in [1.54, 1.807) is 30.3 Å². The summed E-state index contributed by atoms with van der Waals surface area (Å²) in [5, 5.41) is 10.1. The predicted octanol–water partition coefficient (Wildman–Crippen LogP) is 4.93. The number of carbonyl (C=O) groups excluding carboxylic acids is 1. The molecule has 9 heteroatoms. The van der Waals surface area contributed by atoms with E-state index in [2.05, 4.69) is 0 Å². The average molecular weight is 428 g/mol. The van der Waals surface area contributed by atoms with E-state index in [4.69, 9.17) is 44.9 Å². The molecule has 134 valence electrons. The number of halogens is 2. The monoisotopic (exact) mass is 427 g/mol. The van der Waals surface area contributed by atoms with Crippen LogP contribution in [-0.2, 0) is 9.59 Å². The number of benzene rings is 1. The number of carboxylic acid groups (broad SMARTS) is 1. The number of thioether (sulfide) groups is 1. The van der Waals surface area contributed by atoms with E-state index in [-0.39, 0.29) is 4.32 Å². The highest BCUT2D eigenvalue weighted by atomic mass is 35.5. The Hall–Kier alpha value is -1.80. The molecule has 1 fully saturated rings. The molecule has 1 N–H and O–H groups in total. The topological polar surface area (TPSA) is 70.8 Å². The van der Waals surface area contributed by atoms with Crippen LogP contribution in [0.3, 0.4) is 0 Å². The first kappa shape index (κ1) is 19.0. The first-order chi connectivity index (χ1) is 12.3. The van der Waals surface area contributed by atoms with Crippen molar-refractivity contribution in [2.75, 3.05) is 0 Å². The minimum absolute atomic E-state index is 0.199. The normalized spacial score (nSPS) is 17.2. The van der Waals surface area contributed by atoms with Crippen molar-refractivity contribution in [2.45, 2.75) is 13.0 Å². The number of aliphatic carboxylic acids is 1. The molecule has 1 unspecified atom stereocenters. The molecule has 0 spiro atoms. The Bertz CT molecular complexity index is 934. The van der Waals surface area contributed by atoms with E-state index in [9.17, 15) is 9.59 Å². The average Bonchev–Trinajstić information content (AvgIpc) is 3.11. The Kier molecular flexibility index (Phi) is 5.43. The zero-order valence-electron chi connectivity index (χ0n) is 13.2. The second-order valence-corrected chi connectivity index (χ2v) is 7.97. The second-order valence-electron chi connectivity index (χ2n) is 5.43. The van der Waals surface area contributed by atoms with Crippen LogP contribution >= 0.6 is 47.2 Å². The number of hydrogen-bond donors (Lipinski definition) is 1. The summed E-state index contributed by atoms with van der Waals surface area (Å²) in [5.41, 5.74) is 0.703. The molecule has 1 atom stereocenters. The molecule has 0 saturated carbocycles. The van der Waals surface area contributed by atoms with Gasteiger partial charge in [0.15, 0.2) is 0 Å². The van der Waals surface area contributed by atoms with E-state index in [0.29, 0.717) is 32.0 Å². The van der Waals surface area contributed by atoms with E-state index in [0.717, 1.165) is 16.7 Å². The number of carboxylic acids is 1. The molecule has 2 heterocycles. The van der Waals surface area contributed by atoms with Gasteiger partial charge in [0.2, 0.25) is 0 Å². The highest BCUT2D eigenvalue weighted by molar-refractivity contribution is 8.26. The summed E-state index contributed by atoms with van der Waals surface area (Å²) >= 11 is 18.2. The molecule has 2 aromatic rings. The Morgan fingerprint density at radius 3 is 2.58 bits per heavy atom. The van der Waals surface area contributed by atoms with Gasteiger partial charge >= 0.3 is 5.97 Å². The van der Waals surface area contributed by atoms with Crippen LogP contribution in [0.15, 0.2) is 39.7 Å². The molecule has 1 amide bonds. The molecule has 0 aliphatic carbocycles. The molecule has 1 aromatic heterocycles. The highest BCUT2D eigenvalue weighted by Gasteiger charge is 2.38. The van der Waals surface area contributed by atoms with E-state index < -0.39 is 17.9 Å². The van der Waals surface area contributed by atoms with Gasteiger partial charge < -0.3 is 9.52 Å². The van der Waals surface area contributed by atoms with Crippen LogP contribution < -0.4 is 0 Å². The lowest BCUT2D eigenvalue weighted by Crippen LogP contribution is -2.41. The molecule has 1 saturated heterocycles. The number of nitrogens with zero attached hydrogens (tertiary/aromatic N) is 1. The van der Waals surface area contributed by atoms with Crippen LogP contribution in [0.5, 0.6) is 0 Å². The number of rotatable bonds is 4. The maximum Gasteiger partial charge on any atom is 0.326 e. The van der Waals surface area contributed by atoms with E-state index in [1.165, 1.54) is 13.0 Å². The molecule has 1 aliphatic rings. The molecule has 0 radical (unpaired) electrons. The molecule has 1 aliphatic heterocycles. The Balaban J connectivity index is 1.88. The number of carbonyl (C=O) groups is 2. The summed E-state index contributed by atoms with van der Waals surface area (Å²) in [6, 6.07) is 7.43. The molecule has 0 bridgehead atoms. The molecular weight excluding hydrogens is 417 g/mol. The number of furan rings is 1. The fraction of sp³-hybridized carbons (Fsp3) is 0.118. The maximum absolute atomic E-state index is 12.4. The van der Waals surface area contributed by atoms with Gasteiger partial charge in [-0.25, -0.2) is 4.79 Å². The quantitative estimate of drug-likeness (QED) is 0.550. The molecule has 5 nitrogen and oxygen atoms in total. The first-order valence-electron chi connectivity index (χ1n) is 7.32. The molecule has 3 rings (SSSR count). The van der Waals surface area contributed by atoms with Gasteiger partial charge in [-0.2, -0.15) is 0 Å². The minimum atomic E-state index is -1.12. The highest BCUT2D eigenvalue weighted by Crippen LogP contribution is 2.35. The predicted molar refractivity (Wildman–Crippen MR) is 106 cm³/mol. The van der Waals surface area contributed by atoms with Gasteiger partial charge in [0.1, 0.15) is 21.9 Å². The molecule has 1 aromatic carbocycles. The van der Waals surface area contributed by atoms with Crippen molar-refractivity contribution >= 4 is 69.5 Å². The van der Waals surface area contributed by atoms with Gasteiger partial charge in [0, 0.05) is 21.7 Å². The van der Waals surface area contributed by atoms with Gasteiger partial charge in [0.25, 0.3) is 5.91 Å². The van der Waals surface area contributed by atoms with Gasteiger partial charge in [-0.15, -0.1) is 0 Å². The number of amides is 1. The van der Waals surface area contributed by atoms with Crippen LogP contribution in [0.1, 0.15) is 12.7 Å². The Morgan fingerprint density at radius 1 is 1.31 bits per heavy atom. The van der Waals surface area contributed by atoms with Gasteiger partial charge in [-0.05, 0) is 37.3 Å². The van der Waals surface area contributed by atoms with Crippen molar-refractivity contribution in [3.05, 3.63) is 51.0 Å². The molecule has 26 heavy (non-hydrogen) atoms. The van der Waals surface area contributed by atoms with Crippen LogP contribution in [0.4, 0.5) is 0 Å². The Morgan fingerprint density at radius 2 is 1.96 bits per heavy atom. The zero-order valence-corrected chi connectivity index (χ0v) is 16.4.